The normalized spacial score (nSPS) is 11.0. The molecule has 0 unspecified atom stereocenters. The van der Waals surface area contributed by atoms with Crippen LogP contribution in [0.3, 0.4) is 0 Å². The van der Waals surface area contributed by atoms with E-state index in [1.54, 1.807) is 38.4 Å². The summed E-state index contributed by atoms with van der Waals surface area (Å²) < 4.78 is 5.04. The van der Waals surface area contributed by atoms with Crippen molar-refractivity contribution < 1.29 is 14.3 Å². The molecule has 0 bridgehead atoms. The van der Waals surface area contributed by atoms with E-state index in [0.29, 0.717) is 11.3 Å². The first-order valence-corrected chi connectivity index (χ1v) is 6.18. The maximum absolute atomic E-state index is 12.1. The van der Waals surface area contributed by atoms with Crippen molar-refractivity contribution in [3.8, 4) is 5.75 Å². The van der Waals surface area contributed by atoms with Gasteiger partial charge in [-0.25, -0.2) is 0 Å². The second kappa shape index (κ2) is 5.87. The molecule has 4 nitrogen and oxygen atoms in total. The fourth-order valence-corrected chi connectivity index (χ4v) is 1.73. The van der Waals surface area contributed by atoms with Crippen molar-refractivity contribution in [2.75, 3.05) is 20.7 Å². The van der Waals surface area contributed by atoms with Gasteiger partial charge in [0.25, 0.3) is 0 Å². The highest BCUT2D eigenvalue weighted by atomic mass is 16.5. The third-order valence-corrected chi connectivity index (χ3v) is 2.78. The predicted molar refractivity (Wildman–Crippen MR) is 74.4 cm³/mol. The second-order valence-corrected chi connectivity index (χ2v) is 5.56. The van der Waals surface area contributed by atoms with E-state index in [9.17, 15) is 9.59 Å². The van der Waals surface area contributed by atoms with Gasteiger partial charge in [0.05, 0.1) is 13.7 Å². The SMILES string of the molecule is COc1ccc(C(=O)CN(C)C(=O)C(C)(C)C)cc1. The topological polar surface area (TPSA) is 46.6 Å². The van der Waals surface area contributed by atoms with Crippen LogP contribution in [-0.2, 0) is 4.79 Å². The lowest BCUT2D eigenvalue weighted by Crippen LogP contribution is -2.39. The predicted octanol–water partition coefficient (Wildman–Crippen LogP) is 2.38. The largest absolute Gasteiger partial charge is 0.497 e. The van der Waals surface area contributed by atoms with Crippen LogP contribution < -0.4 is 4.74 Å². The molecule has 0 heterocycles. The van der Waals surface area contributed by atoms with E-state index >= 15 is 0 Å². The lowest BCUT2D eigenvalue weighted by atomic mass is 9.94. The zero-order valence-corrected chi connectivity index (χ0v) is 12.2. The number of likely N-dealkylation sites (N-methyl/N-ethyl adjacent to an activating group) is 1. The molecule has 1 aromatic rings. The molecule has 0 aliphatic rings. The molecule has 0 N–H and O–H groups in total. The smallest absolute Gasteiger partial charge is 0.228 e. The third-order valence-electron chi connectivity index (χ3n) is 2.78. The molecular weight excluding hydrogens is 242 g/mol. The van der Waals surface area contributed by atoms with Gasteiger partial charge in [0, 0.05) is 18.0 Å². The Hall–Kier alpha value is -1.84. The third kappa shape index (κ3) is 4.09. The first kappa shape index (κ1) is 15.2. The number of rotatable bonds is 4. The molecule has 0 aliphatic carbocycles. The Balaban J connectivity index is 2.71. The standard InChI is InChI=1S/C15H21NO3/c1-15(2,3)14(18)16(4)10-13(17)11-6-8-12(19-5)9-7-11/h6-9H,10H2,1-5H3. The maximum Gasteiger partial charge on any atom is 0.228 e. The van der Waals surface area contributed by atoms with Gasteiger partial charge in [-0.3, -0.25) is 9.59 Å². The highest BCUT2D eigenvalue weighted by Crippen LogP contribution is 2.17. The van der Waals surface area contributed by atoms with Crippen LogP contribution in [0.1, 0.15) is 31.1 Å². The number of hydrogen-bond acceptors (Lipinski definition) is 3. The van der Waals surface area contributed by atoms with Gasteiger partial charge in [-0.1, -0.05) is 20.8 Å². The number of carbonyl (C=O) groups excluding carboxylic acids is 2. The minimum absolute atomic E-state index is 0.0469. The van der Waals surface area contributed by atoms with Gasteiger partial charge in [0.2, 0.25) is 5.91 Å². The van der Waals surface area contributed by atoms with Crippen molar-refractivity contribution in [1.82, 2.24) is 4.90 Å². The van der Waals surface area contributed by atoms with Crippen molar-refractivity contribution in [3.05, 3.63) is 29.8 Å². The van der Waals surface area contributed by atoms with Crippen LogP contribution in [-0.4, -0.2) is 37.3 Å². The van der Waals surface area contributed by atoms with Gasteiger partial charge in [-0.2, -0.15) is 0 Å². The summed E-state index contributed by atoms with van der Waals surface area (Å²) in [5.74, 6) is 0.577. The number of methoxy groups -OCH3 is 1. The molecule has 104 valence electrons. The van der Waals surface area contributed by atoms with Crippen molar-refractivity contribution in [2.45, 2.75) is 20.8 Å². The maximum atomic E-state index is 12.1. The summed E-state index contributed by atoms with van der Waals surface area (Å²) in [6.07, 6.45) is 0. The minimum Gasteiger partial charge on any atom is -0.497 e. The average Bonchev–Trinajstić information content (AvgIpc) is 2.36. The van der Waals surface area contributed by atoms with Crippen molar-refractivity contribution in [1.29, 1.82) is 0 Å². The van der Waals surface area contributed by atoms with Crippen LogP contribution in [0.15, 0.2) is 24.3 Å². The fraction of sp³-hybridized carbons (Fsp3) is 0.467. The molecule has 19 heavy (non-hydrogen) atoms. The van der Waals surface area contributed by atoms with Crippen molar-refractivity contribution in [2.24, 2.45) is 5.41 Å². The molecular formula is C15H21NO3. The molecule has 0 aliphatic heterocycles. The molecule has 1 amide bonds. The number of hydrogen-bond donors (Lipinski definition) is 0. The summed E-state index contributed by atoms with van der Waals surface area (Å²) in [5.41, 5.74) is 0.101. The number of carbonyl (C=O) groups is 2. The van der Waals surface area contributed by atoms with Crippen LogP contribution >= 0.6 is 0 Å². The first-order valence-electron chi connectivity index (χ1n) is 6.18. The summed E-state index contributed by atoms with van der Waals surface area (Å²) >= 11 is 0. The van der Waals surface area contributed by atoms with E-state index in [1.165, 1.54) is 4.90 Å². The van der Waals surface area contributed by atoms with E-state index in [0.717, 1.165) is 0 Å². The Morgan fingerprint density at radius 3 is 2.11 bits per heavy atom. The molecule has 0 aromatic heterocycles. The van der Waals surface area contributed by atoms with Crippen LogP contribution in [0.5, 0.6) is 5.75 Å². The van der Waals surface area contributed by atoms with E-state index in [-0.39, 0.29) is 18.2 Å². The summed E-state index contributed by atoms with van der Waals surface area (Å²) in [4.78, 5) is 25.5. The molecule has 0 spiro atoms. The van der Waals surface area contributed by atoms with E-state index in [4.69, 9.17) is 4.74 Å². The lowest BCUT2D eigenvalue weighted by molar-refractivity contribution is -0.137. The van der Waals surface area contributed by atoms with Crippen LogP contribution in [0, 0.1) is 5.41 Å². The van der Waals surface area contributed by atoms with Gasteiger partial charge < -0.3 is 9.64 Å². The highest BCUT2D eigenvalue weighted by molar-refractivity contribution is 5.99. The summed E-state index contributed by atoms with van der Waals surface area (Å²) in [5, 5.41) is 0. The molecule has 0 fully saturated rings. The number of ketones is 1. The zero-order valence-electron chi connectivity index (χ0n) is 12.2. The van der Waals surface area contributed by atoms with Gasteiger partial charge >= 0.3 is 0 Å². The molecule has 0 radical (unpaired) electrons. The summed E-state index contributed by atoms with van der Waals surface area (Å²) in [6.45, 7) is 5.60. The second-order valence-electron chi connectivity index (χ2n) is 5.56. The van der Waals surface area contributed by atoms with Gasteiger partial charge in [-0.15, -0.1) is 0 Å². The van der Waals surface area contributed by atoms with E-state index < -0.39 is 5.41 Å². The van der Waals surface area contributed by atoms with Crippen molar-refractivity contribution >= 4 is 11.7 Å². The Bertz CT molecular complexity index is 457. The highest BCUT2D eigenvalue weighted by Gasteiger charge is 2.26. The Morgan fingerprint density at radius 2 is 1.68 bits per heavy atom. The first-order chi connectivity index (χ1) is 8.75. The summed E-state index contributed by atoms with van der Waals surface area (Å²) in [7, 11) is 3.22. The molecule has 0 saturated carbocycles. The molecule has 1 rings (SSSR count). The molecule has 0 atom stereocenters. The van der Waals surface area contributed by atoms with E-state index in [1.807, 2.05) is 20.8 Å². The summed E-state index contributed by atoms with van der Waals surface area (Å²) in [6, 6.07) is 6.88. The average molecular weight is 263 g/mol. The van der Waals surface area contributed by atoms with Crippen molar-refractivity contribution in [3.63, 3.8) is 0 Å². The Kier molecular flexibility index (Phi) is 4.70. The molecule has 0 saturated heterocycles. The fourth-order valence-electron chi connectivity index (χ4n) is 1.73. The minimum atomic E-state index is -0.477. The zero-order chi connectivity index (χ0) is 14.6. The van der Waals surface area contributed by atoms with Crippen LogP contribution in [0.4, 0.5) is 0 Å². The number of amides is 1. The van der Waals surface area contributed by atoms with Gasteiger partial charge in [0.15, 0.2) is 5.78 Å². The van der Waals surface area contributed by atoms with Gasteiger partial charge in [0.1, 0.15) is 5.75 Å². The van der Waals surface area contributed by atoms with Crippen LogP contribution in [0.25, 0.3) is 0 Å². The van der Waals surface area contributed by atoms with Gasteiger partial charge in [-0.05, 0) is 24.3 Å². The number of ether oxygens (including phenoxy) is 1. The quantitative estimate of drug-likeness (QED) is 0.784. The monoisotopic (exact) mass is 263 g/mol. The lowest BCUT2D eigenvalue weighted by Gasteiger charge is -2.25. The Labute approximate surface area is 114 Å². The molecule has 4 heteroatoms. The number of Topliss-reactive ketones (excluding diaryl/α,β-unsaturated/α-hetero) is 1. The number of nitrogens with zero attached hydrogens (tertiary/aromatic N) is 1. The van der Waals surface area contributed by atoms with Crippen LogP contribution in [0.2, 0.25) is 0 Å². The number of benzene rings is 1. The molecule has 1 aromatic carbocycles. The Morgan fingerprint density at radius 1 is 1.16 bits per heavy atom. The van der Waals surface area contributed by atoms with E-state index in [2.05, 4.69) is 0 Å².